The van der Waals surface area contributed by atoms with E-state index in [4.69, 9.17) is 0 Å². The molecule has 2 aromatic rings. The van der Waals surface area contributed by atoms with E-state index < -0.39 is 17.7 Å². The third kappa shape index (κ3) is 3.90. The van der Waals surface area contributed by atoms with E-state index in [1.165, 1.54) is 0 Å². The monoisotopic (exact) mass is 365 g/mol. The van der Waals surface area contributed by atoms with E-state index in [2.05, 4.69) is 4.98 Å². The molecule has 3 rings (SSSR count). The van der Waals surface area contributed by atoms with E-state index in [-0.39, 0.29) is 11.3 Å². The SMILES string of the molecule is CN(C)CCCN1C(=O)C(=O)/C(=C(\O)c2ccccc2)C1c1ccncc1. The van der Waals surface area contributed by atoms with Crippen LogP contribution in [0.3, 0.4) is 0 Å². The first-order valence-electron chi connectivity index (χ1n) is 8.89. The van der Waals surface area contributed by atoms with Crippen molar-refractivity contribution in [2.24, 2.45) is 0 Å². The minimum Gasteiger partial charge on any atom is -0.507 e. The fourth-order valence-corrected chi connectivity index (χ4v) is 3.31. The number of rotatable bonds is 6. The molecule has 6 nitrogen and oxygen atoms in total. The zero-order valence-corrected chi connectivity index (χ0v) is 15.5. The fraction of sp³-hybridized carbons (Fsp3) is 0.286. The summed E-state index contributed by atoms with van der Waals surface area (Å²) in [4.78, 5) is 33.1. The molecule has 1 fully saturated rings. The number of nitrogens with zero attached hydrogens (tertiary/aromatic N) is 3. The minimum absolute atomic E-state index is 0.127. The summed E-state index contributed by atoms with van der Waals surface area (Å²) in [5.41, 5.74) is 1.40. The Bertz CT molecular complexity index is 847. The van der Waals surface area contributed by atoms with Crippen LogP contribution in [-0.2, 0) is 9.59 Å². The first-order chi connectivity index (χ1) is 13.0. The second-order valence-corrected chi connectivity index (χ2v) is 6.80. The lowest BCUT2D eigenvalue weighted by Crippen LogP contribution is -2.32. The summed E-state index contributed by atoms with van der Waals surface area (Å²) in [6.07, 6.45) is 3.97. The van der Waals surface area contributed by atoms with Crippen LogP contribution in [0.4, 0.5) is 0 Å². The van der Waals surface area contributed by atoms with Gasteiger partial charge >= 0.3 is 0 Å². The average molecular weight is 365 g/mol. The highest BCUT2D eigenvalue weighted by Crippen LogP contribution is 2.39. The van der Waals surface area contributed by atoms with Crippen LogP contribution in [0.1, 0.15) is 23.6 Å². The van der Waals surface area contributed by atoms with Gasteiger partial charge in [-0.2, -0.15) is 0 Å². The largest absolute Gasteiger partial charge is 0.507 e. The molecule has 0 saturated carbocycles. The highest BCUT2D eigenvalue weighted by molar-refractivity contribution is 6.46. The van der Waals surface area contributed by atoms with Crippen LogP contribution in [0.15, 0.2) is 60.4 Å². The molecule has 0 aliphatic carbocycles. The summed E-state index contributed by atoms with van der Waals surface area (Å²) in [6, 6.07) is 11.8. The minimum atomic E-state index is -0.650. The van der Waals surface area contributed by atoms with Crippen molar-refractivity contribution in [3.05, 3.63) is 71.6 Å². The Balaban J connectivity index is 2.05. The number of aliphatic hydroxyl groups excluding tert-OH is 1. The molecule has 1 saturated heterocycles. The number of pyridine rings is 1. The maximum absolute atomic E-state index is 12.8. The number of Topliss-reactive ketones (excluding diaryl/α,β-unsaturated/α-hetero) is 1. The molecule has 1 aliphatic rings. The Morgan fingerprint density at radius 3 is 2.41 bits per heavy atom. The van der Waals surface area contributed by atoms with Crippen molar-refractivity contribution >= 4 is 17.4 Å². The maximum Gasteiger partial charge on any atom is 0.295 e. The second kappa shape index (κ2) is 8.14. The molecule has 6 heteroatoms. The first-order valence-corrected chi connectivity index (χ1v) is 8.89. The first kappa shape index (κ1) is 18.8. The third-order valence-electron chi connectivity index (χ3n) is 4.61. The van der Waals surface area contributed by atoms with E-state index >= 15 is 0 Å². The lowest BCUT2D eigenvalue weighted by molar-refractivity contribution is -0.139. The van der Waals surface area contributed by atoms with Crippen molar-refractivity contribution in [3.8, 4) is 0 Å². The number of benzene rings is 1. The van der Waals surface area contributed by atoms with Crippen LogP contribution in [0.5, 0.6) is 0 Å². The molecule has 1 N–H and O–H groups in total. The molecular formula is C21H23N3O3. The molecule has 140 valence electrons. The quantitative estimate of drug-likeness (QED) is 0.484. The van der Waals surface area contributed by atoms with Gasteiger partial charge in [-0.05, 0) is 44.8 Å². The van der Waals surface area contributed by atoms with E-state index in [9.17, 15) is 14.7 Å². The smallest absolute Gasteiger partial charge is 0.295 e. The Labute approximate surface area is 158 Å². The number of amides is 1. The van der Waals surface area contributed by atoms with Gasteiger partial charge in [0, 0.05) is 24.5 Å². The Morgan fingerprint density at radius 1 is 1.11 bits per heavy atom. The summed E-state index contributed by atoms with van der Waals surface area (Å²) in [5, 5.41) is 10.8. The lowest BCUT2D eigenvalue weighted by Gasteiger charge is -2.25. The zero-order chi connectivity index (χ0) is 19.4. The highest BCUT2D eigenvalue weighted by Gasteiger charge is 2.45. The van der Waals surface area contributed by atoms with Crippen LogP contribution in [0.2, 0.25) is 0 Å². The number of aliphatic hydroxyl groups is 1. The summed E-state index contributed by atoms with van der Waals surface area (Å²) in [5.74, 6) is -1.37. The molecule has 1 aliphatic heterocycles. The molecule has 0 spiro atoms. The molecule has 0 radical (unpaired) electrons. The third-order valence-corrected chi connectivity index (χ3v) is 4.61. The highest BCUT2D eigenvalue weighted by atomic mass is 16.3. The van der Waals surface area contributed by atoms with Crippen LogP contribution in [0, 0.1) is 0 Å². The van der Waals surface area contributed by atoms with Gasteiger partial charge in [-0.25, -0.2) is 0 Å². The molecule has 27 heavy (non-hydrogen) atoms. The van der Waals surface area contributed by atoms with E-state index in [1.54, 1.807) is 53.7 Å². The number of carbonyl (C=O) groups is 2. The summed E-state index contributed by atoms with van der Waals surface area (Å²) in [7, 11) is 3.92. The predicted molar refractivity (Wildman–Crippen MR) is 103 cm³/mol. The van der Waals surface area contributed by atoms with E-state index in [1.807, 2.05) is 25.1 Å². The number of hydrogen-bond acceptors (Lipinski definition) is 5. The molecule has 0 bridgehead atoms. The summed E-state index contributed by atoms with van der Waals surface area (Å²) in [6.45, 7) is 1.23. The van der Waals surface area contributed by atoms with Crippen molar-refractivity contribution in [2.45, 2.75) is 12.5 Å². The Morgan fingerprint density at radius 2 is 1.78 bits per heavy atom. The average Bonchev–Trinajstić information content (AvgIpc) is 2.93. The Hall–Kier alpha value is -2.99. The van der Waals surface area contributed by atoms with Crippen LogP contribution in [-0.4, -0.2) is 58.8 Å². The van der Waals surface area contributed by atoms with Crippen molar-refractivity contribution < 1.29 is 14.7 Å². The van der Waals surface area contributed by atoms with E-state index in [0.717, 1.165) is 18.5 Å². The second-order valence-electron chi connectivity index (χ2n) is 6.80. The number of hydrogen-bond donors (Lipinski definition) is 1. The molecule has 1 unspecified atom stereocenters. The molecule has 1 amide bonds. The van der Waals surface area contributed by atoms with Crippen molar-refractivity contribution in [3.63, 3.8) is 0 Å². The van der Waals surface area contributed by atoms with E-state index in [0.29, 0.717) is 12.1 Å². The van der Waals surface area contributed by atoms with Crippen LogP contribution < -0.4 is 0 Å². The zero-order valence-electron chi connectivity index (χ0n) is 15.5. The van der Waals surface area contributed by atoms with Crippen molar-refractivity contribution in [2.75, 3.05) is 27.2 Å². The number of carbonyl (C=O) groups excluding carboxylic acids is 2. The van der Waals surface area contributed by atoms with Crippen molar-refractivity contribution in [1.29, 1.82) is 0 Å². The normalized spacial score (nSPS) is 19.1. The lowest BCUT2D eigenvalue weighted by atomic mass is 9.96. The van der Waals surface area contributed by atoms with Gasteiger partial charge < -0.3 is 14.9 Å². The maximum atomic E-state index is 12.8. The standard InChI is InChI=1S/C21H23N3O3/c1-23(2)13-6-14-24-18(15-9-11-22-12-10-15)17(20(26)21(24)27)19(25)16-7-4-3-5-8-16/h3-5,7-12,18,25H,6,13-14H2,1-2H3/b19-17-. The van der Waals surface area contributed by atoms with Gasteiger partial charge in [0.15, 0.2) is 0 Å². The van der Waals surface area contributed by atoms with Gasteiger partial charge in [-0.3, -0.25) is 14.6 Å². The van der Waals surface area contributed by atoms with Gasteiger partial charge in [0.05, 0.1) is 11.6 Å². The molecular weight excluding hydrogens is 342 g/mol. The fourth-order valence-electron chi connectivity index (χ4n) is 3.31. The molecule has 1 aromatic carbocycles. The van der Waals surface area contributed by atoms with Gasteiger partial charge in [0.25, 0.3) is 11.7 Å². The topological polar surface area (TPSA) is 73.7 Å². The number of likely N-dealkylation sites (tertiary alicyclic amines) is 1. The summed E-state index contributed by atoms with van der Waals surface area (Å²) < 4.78 is 0. The number of aromatic nitrogens is 1. The van der Waals surface area contributed by atoms with Gasteiger partial charge in [0.1, 0.15) is 5.76 Å². The summed E-state index contributed by atoms with van der Waals surface area (Å²) >= 11 is 0. The van der Waals surface area contributed by atoms with Crippen molar-refractivity contribution in [1.82, 2.24) is 14.8 Å². The number of ketones is 1. The van der Waals surface area contributed by atoms with Gasteiger partial charge in [-0.1, -0.05) is 30.3 Å². The van der Waals surface area contributed by atoms with Gasteiger partial charge in [-0.15, -0.1) is 0 Å². The molecule has 1 atom stereocenters. The Kier molecular flexibility index (Phi) is 5.66. The molecule has 1 aromatic heterocycles. The van der Waals surface area contributed by atoms with Crippen LogP contribution >= 0.6 is 0 Å². The molecule has 2 heterocycles. The van der Waals surface area contributed by atoms with Crippen LogP contribution in [0.25, 0.3) is 5.76 Å². The predicted octanol–water partition coefficient (Wildman–Crippen LogP) is 2.46. The van der Waals surface area contributed by atoms with Gasteiger partial charge in [0.2, 0.25) is 0 Å².